The molecule has 4 aromatic rings. The van der Waals surface area contributed by atoms with Crippen LogP contribution in [0.25, 0.3) is 27.8 Å². The maximum Gasteiger partial charge on any atom is 0.252 e. The number of nitrogens with zero attached hydrogens (tertiary/aromatic N) is 6. The molecular formula is C24H23F4N7. The average molecular weight is 485 g/mol. The maximum atomic E-state index is 13.5. The minimum atomic E-state index is -2.62. The molecule has 1 spiro atoms. The van der Waals surface area contributed by atoms with E-state index in [-0.39, 0.29) is 43.2 Å². The number of halogens is 4. The van der Waals surface area contributed by atoms with E-state index in [9.17, 15) is 17.6 Å². The molecule has 0 atom stereocenters. The van der Waals surface area contributed by atoms with Gasteiger partial charge in [-0.2, -0.15) is 0 Å². The van der Waals surface area contributed by atoms with E-state index in [1.54, 1.807) is 16.9 Å². The quantitative estimate of drug-likeness (QED) is 0.392. The largest absolute Gasteiger partial charge is 0.350 e. The Kier molecular flexibility index (Phi) is 4.04. The van der Waals surface area contributed by atoms with Gasteiger partial charge in [0.1, 0.15) is 5.82 Å². The highest BCUT2D eigenvalue weighted by molar-refractivity contribution is 5.85. The Labute approximate surface area is 197 Å². The fraction of sp³-hybridized carbons (Fsp3) is 0.500. The molecule has 3 fully saturated rings. The van der Waals surface area contributed by atoms with E-state index in [1.807, 2.05) is 29.8 Å². The van der Waals surface area contributed by atoms with Gasteiger partial charge in [-0.05, 0) is 37.3 Å². The van der Waals surface area contributed by atoms with Crippen LogP contribution in [0.3, 0.4) is 0 Å². The Morgan fingerprint density at radius 2 is 1.74 bits per heavy atom. The summed E-state index contributed by atoms with van der Waals surface area (Å²) in [5.74, 6) is -3.99. The van der Waals surface area contributed by atoms with Gasteiger partial charge in [0.2, 0.25) is 11.9 Å². The molecule has 3 saturated carbocycles. The zero-order valence-electron chi connectivity index (χ0n) is 19.0. The molecule has 1 N–H and O–H groups in total. The van der Waals surface area contributed by atoms with Crippen LogP contribution in [0.5, 0.6) is 0 Å². The third-order valence-corrected chi connectivity index (χ3v) is 7.84. The highest BCUT2D eigenvalue weighted by Crippen LogP contribution is 2.62. The number of anilines is 1. The van der Waals surface area contributed by atoms with Crippen LogP contribution in [-0.4, -0.2) is 47.0 Å². The fourth-order valence-electron chi connectivity index (χ4n) is 6.33. The molecule has 0 aliphatic heterocycles. The van der Waals surface area contributed by atoms with E-state index in [2.05, 4.69) is 25.4 Å². The van der Waals surface area contributed by atoms with E-state index < -0.39 is 11.8 Å². The van der Waals surface area contributed by atoms with Crippen molar-refractivity contribution >= 4 is 22.6 Å². The fourth-order valence-corrected chi connectivity index (χ4v) is 6.33. The minimum absolute atomic E-state index is 0.0149. The molecule has 0 bridgehead atoms. The lowest BCUT2D eigenvalue weighted by Gasteiger charge is -2.57. The lowest BCUT2D eigenvalue weighted by atomic mass is 9.52. The molecule has 4 aromatic heterocycles. The van der Waals surface area contributed by atoms with Gasteiger partial charge in [-0.25, -0.2) is 37.0 Å². The van der Waals surface area contributed by atoms with Crippen molar-refractivity contribution in [2.45, 2.75) is 69.4 Å². The number of fused-ring (bicyclic) bond motifs is 2. The molecular weight excluding hydrogens is 462 g/mol. The van der Waals surface area contributed by atoms with Gasteiger partial charge in [-0.15, -0.1) is 5.10 Å². The molecule has 182 valence electrons. The van der Waals surface area contributed by atoms with Crippen molar-refractivity contribution in [1.29, 1.82) is 0 Å². The molecule has 0 radical (unpaired) electrons. The lowest BCUT2D eigenvalue weighted by molar-refractivity contribution is -0.193. The van der Waals surface area contributed by atoms with Gasteiger partial charge in [0.15, 0.2) is 5.65 Å². The first kappa shape index (κ1) is 21.1. The molecule has 7 nitrogen and oxygen atoms in total. The van der Waals surface area contributed by atoms with Crippen molar-refractivity contribution in [3.8, 4) is 11.1 Å². The van der Waals surface area contributed by atoms with Crippen LogP contribution in [-0.2, 0) is 0 Å². The molecule has 11 heteroatoms. The molecule has 7 rings (SSSR count). The van der Waals surface area contributed by atoms with E-state index in [0.29, 0.717) is 30.3 Å². The lowest BCUT2D eigenvalue weighted by Crippen LogP contribution is -2.57. The molecule has 35 heavy (non-hydrogen) atoms. The second kappa shape index (κ2) is 6.70. The number of imidazole rings is 1. The number of hydrogen-bond acceptors (Lipinski definition) is 5. The molecule has 0 aromatic carbocycles. The summed E-state index contributed by atoms with van der Waals surface area (Å²) in [6, 6.07) is 3.66. The van der Waals surface area contributed by atoms with Crippen molar-refractivity contribution in [1.82, 2.24) is 29.1 Å². The molecule has 3 aliphatic carbocycles. The number of rotatable bonds is 4. The van der Waals surface area contributed by atoms with Gasteiger partial charge in [0, 0.05) is 61.3 Å². The Hall–Kier alpha value is -3.24. The number of hydrogen-bond donors (Lipinski definition) is 1. The van der Waals surface area contributed by atoms with Gasteiger partial charge < -0.3 is 9.88 Å². The number of pyridine rings is 1. The second-order valence-electron chi connectivity index (χ2n) is 10.6. The van der Waals surface area contributed by atoms with Crippen LogP contribution in [0.15, 0.2) is 30.7 Å². The average Bonchev–Trinajstić information content (AvgIpc) is 3.28. The van der Waals surface area contributed by atoms with Gasteiger partial charge in [0.05, 0.1) is 17.2 Å². The van der Waals surface area contributed by atoms with Crippen LogP contribution >= 0.6 is 0 Å². The summed E-state index contributed by atoms with van der Waals surface area (Å²) < 4.78 is 57.1. The van der Waals surface area contributed by atoms with Gasteiger partial charge >= 0.3 is 0 Å². The Morgan fingerprint density at radius 3 is 2.46 bits per heavy atom. The Bertz CT molecular complexity index is 1470. The van der Waals surface area contributed by atoms with Crippen molar-refractivity contribution in [3.63, 3.8) is 0 Å². The predicted molar refractivity (Wildman–Crippen MR) is 121 cm³/mol. The van der Waals surface area contributed by atoms with Crippen LogP contribution in [0.1, 0.15) is 50.4 Å². The first-order valence-corrected chi connectivity index (χ1v) is 11.8. The first-order chi connectivity index (χ1) is 16.6. The third-order valence-electron chi connectivity index (χ3n) is 7.84. The number of nitrogens with one attached hydrogen (secondary N) is 1. The van der Waals surface area contributed by atoms with Gasteiger partial charge in [-0.1, -0.05) is 0 Å². The van der Waals surface area contributed by atoms with Gasteiger partial charge in [-0.3, -0.25) is 0 Å². The van der Waals surface area contributed by atoms with Crippen LogP contribution in [0.2, 0.25) is 0 Å². The molecule has 4 heterocycles. The summed E-state index contributed by atoms with van der Waals surface area (Å²) in [6.07, 6.45) is 6.29. The summed E-state index contributed by atoms with van der Waals surface area (Å²) in [4.78, 5) is 13.4. The Morgan fingerprint density at radius 1 is 0.971 bits per heavy atom. The van der Waals surface area contributed by atoms with Gasteiger partial charge in [0.25, 0.3) is 5.92 Å². The molecule has 3 aliphatic rings. The first-order valence-electron chi connectivity index (χ1n) is 11.8. The van der Waals surface area contributed by atoms with E-state index in [4.69, 9.17) is 0 Å². The van der Waals surface area contributed by atoms with Crippen molar-refractivity contribution in [2.24, 2.45) is 5.41 Å². The Balaban J connectivity index is 1.14. The normalized spacial score (nSPS) is 24.3. The standard InChI is InChI=1S/C24H23F4N7/c1-13-31-20-18(35(13)16-7-23(25,26)8-16)4-14(9-29-20)17-2-3-34-19(17)10-30-21(33-34)32-15-5-22(6-15)11-24(27,28)12-22/h2-4,9-10,15-16H,5-8,11-12H2,1H3,(H,32,33). The van der Waals surface area contributed by atoms with E-state index >= 15 is 0 Å². The third kappa shape index (κ3) is 3.30. The number of alkyl halides is 4. The summed E-state index contributed by atoms with van der Waals surface area (Å²) in [5, 5.41) is 7.80. The molecule has 0 saturated heterocycles. The maximum absolute atomic E-state index is 13.5. The summed E-state index contributed by atoms with van der Waals surface area (Å²) in [5.41, 5.74) is 3.53. The monoisotopic (exact) mass is 485 g/mol. The predicted octanol–water partition coefficient (Wildman–Crippen LogP) is 5.41. The van der Waals surface area contributed by atoms with Crippen LogP contribution in [0, 0.1) is 12.3 Å². The summed E-state index contributed by atoms with van der Waals surface area (Å²) >= 11 is 0. The van der Waals surface area contributed by atoms with Crippen molar-refractivity contribution < 1.29 is 17.6 Å². The number of aryl methyl sites for hydroxylation is 1. The summed E-state index contributed by atoms with van der Waals surface area (Å²) in [7, 11) is 0. The smallest absolute Gasteiger partial charge is 0.252 e. The van der Waals surface area contributed by atoms with E-state index in [0.717, 1.165) is 22.2 Å². The van der Waals surface area contributed by atoms with Crippen LogP contribution < -0.4 is 5.32 Å². The van der Waals surface area contributed by atoms with Crippen molar-refractivity contribution in [3.05, 3.63) is 36.5 Å². The van der Waals surface area contributed by atoms with E-state index in [1.165, 1.54) is 0 Å². The molecule has 0 amide bonds. The zero-order valence-corrected chi connectivity index (χ0v) is 19.0. The highest BCUT2D eigenvalue weighted by Gasteiger charge is 2.61. The SMILES string of the molecule is Cc1nc2ncc(-c3ccn4nc(NC5CC6(C5)CC(F)(F)C6)ncc34)cc2n1C1CC(F)(F)C1. The number of aromatic nitrogens is 6. The highest BCUT2D eigenvalue weighted by atomic mass is 19.3. The minimum Gasteiger partial charge on any atom is -0.350 e. The zero-order chi connectivity index (χ0) is 24.2. The topological polar surface area (TPSA) is 72.9 Å². The second-order valence-corrected chi connectivity index (χ2v) is 10.6. The summed E-state index contributed by atoms with van der Waals surface area (Å²) in [6.45, 7) is 1.81. The molecule has 0 unspecified atom stereocenters. The van der Waals surface area contributed by atoms with Crippen molar-refractivity contribution in [2.75, 3.05) is 5.32 Å². The van der Waals surface area contributed by atoms with Crippen LogP contribution in [0.4, 0.5) is 23.5 Å².